The Bertz CT molecular complexity index is 896. The van der Waals surface area contributed by atoms with Crippen molar-refractivity contribution in [2.24, 2.45) is 0 Å². The average Bonchev–Trinajstić information content (AvgIpc) is 2.78. The number of halogens is 3. The molecule has 24 heavy (non-hydrogen) atoms. The first-order valence-electron chi connectivity index (χ1n) is 6.78. The van der Waals surface area contributed by atoms with Crippen molar-refractivity contribution in [3.8, 4) is 0 Å². The molecule has 0 spiro atoms. The Kier molecular flexibility index (Phi) is 3.80. The zero-order valence-corrected chi connectivity index (χ0v) is 12.0. The normalized spacial score (nSPS) is 12.8. The van der Waals surface area contributed by atoms with Crippen molar-refractivity contribution in [3.05, 3.63) is 64.5 Å². The van der Waals surface area contributed by atoms with Crippen LogP contribution in [0.15, 0.2) is 30.3 Å². The van der Waals surface area contributed by atoms with Gasteiger partial charge in [0.1, 0.15) is 5.82 Å². The highest BCUT2D eigenvalue weighted by atomic mass is 19.2. The minimum Gasteiger partial charge on any atom is -0.326 e. The van der Waals surface area contributed by atoms with Crippen LogP contribution < -0.4 is 10.6 Å². The van der Waals surface area contributed by atoms with Crippen LogP contribution >= 0.6 is 0 Å². The van der Waals surface area contributed by atoms with Crippen molar-refractivity contribution in [3.63, 3.8) is 0 Å². The number of benzene rings is 2. The summed E-state index contributed by atoms with van der Waals surface area (Å²) in [5.41, 5.74) is 0.0389. The summed E-state index contributed by atoms with van der Waals surface area (Å²) in [5, 5.41) is 4.48. The Morgan fingerprint density at radius 3 is 2.46 bits per heavy atom. The van der Waals surface area contributed by atoms with E-state index in [1.807, 2.05) is 0 Å². The maximum Gasteiger partial charge on any atom is 0.259 e. The zero-order valence-electron chi connectivity index (χ0n) is 12.0. The summed E-state index contributed by atoms with van der Waals surface area (Å²) < 4.78 is 39.8. The van der Waals surface area contributed by atoms with Crippen LogP contribution in [0.4, 0.5) is 18.9 Å². The minimum absolute atomic E-state index is 0.0979. The fraction of sp³-hybridized carbons (Fsp3) is 0.0625. The number of carbonyl (C=O) groups is 3. The van der Waals surface area contributed by atoms with Gasteiger partial charge in [-0.05, 0) is 24.3 Å². The fourth-order valence-corrected chi connectivity index (χ4v) is 2.36. The average molecular weight is 334 g/mol. The number of nitrogens with one attached hydrogen (secondary N) is 2. The maximum absolute atomic E-state index is 13.5. The molecule has 0 saturated carbocycles. The second-order valence-electron chi connectivity index (χ2n) is 5.13. The highest BCUT2D eigenvalue weighted by molar-refractivity contribution is 6.22. The number of rotatable bonds is 3. The summed E-state index contributed by atoms with van der Waals surface area (Å²) in [5.74, 6) is -5.54. The van der Waals surface area contributed by atoms with Gasteiger partial charge in [0.2, 0.25) is 5.91 Å². The van der Waals surface area contributed by atoms with E-state index in [0.717, 1.165) is 6.07 Å². The molecule has 0 aromatic heterocycles. The minimum atomic E-state index is -1.38. The third kappa shape index (κ3) is 2.85. The van der Waals surface area contributed by atoms with Gasteiger partial charge in [-0.15, -0.1) is 0 Å². The monoisotopic (exact) mass is 334 g/mol. The summed E-state index contributed by atoms with van der Waals surface area (Å²) in [7, 11) is 0. The van der Waals surface area contributed by atoms with Crippen LogP contribution in [-0.4, -0.2) is 17.7 Å². The number of amides is 3. The van der Waals surface area contributed by atoms with E-state index in [9.17, 15) is 27.6 Å². The lowest BCUT2D eigenvalue weighted by Crippen LogP contribution is -2.19. The van der Waals surface area contributed by atoms with Crippen LogP contribution in [0.3, 0.4) is 0 Å². The van der Waals surface area contributed by atoms with Crippen molar-refractivity contribution < 1.29 is 27.6 Å². The van der Waals surface area contributed by atoms with Gasteiger partial charge in [0.05, 0.1) is 17.5 Å². The Hall–Kier alpha value is -3.16. The lowest BCUT2D eigenvalue weighted by atomic mass is 10.1. The van der Waals surface area contributed by atoms with Gasteiger partial charge in [0, 0.05) is 17.3 Å². The molecule has 122 valence electrons. The van der Waals surface area contributed by atoms with Crippen molar-refractivity contribution in [2.75, 3.05) is 5.32 Å². The van der Waals surface area contributed by atoms with E-state index in [1.165, 1.54) is 18.2 Å². The van der Waals surface area contributed by atoms with Crippen molar-refractivity contribution >= 4 is 23.4 Å². The van der Waals surface area contributed by atoms with Crippen LogP contribution in [0.5, 0.6) is 0 Å². The Morgan fingerprint density at radius 1 is 1.00 bits per heavy atom. The third-order valence-electron chi connectivity index (χ3n) is 3.44. The third-order valence-corrected chi connectivity index (χ3v) is 3.44. The van der Waals surface area contributed by atoms with Gasteiger partial charge in [-0.2, -0.15) is 0 Å². The molecule has 5 nitrogen and oxygen atoms in total. The summed E-state index contributed by atoms with van der Waals surface area (Å²) >= 11 is 0. The van der Waals surface area contributed by atoms with E-state index < -0.39 is 47.2 Å². The molecule has 0 bridgehead atoms. The van der Waals surface area contributed by atoms with Gasteiger partial charge < -0.3 is 5.32 Å². The van der Waals surface area contributed by atoms with Gasteiger partial charge in [-0.3, -0.25) is 19.7 Å². The molecule has 0 atom stereocenters. The van der Waals surface area contributed by atoms with E-state index >= 15 is 0 Å². The molecule has 1 aliphatic rings. The van der Waals surface area contributed by atoms with Crippen molar-refractivity contribution in [1.29, 1.82) is 0 Å². The molecule has 3 amide bonds. The molecule has 1 heterocycles. The second kappa shape index (κ2) is 5.80. The number of anilines is 1. The highest BCUT2D eigenvalue weighted by Crippen LogP contribution is 2.21. The first-order valence-corrected chi connectivity index (χ1v) is 6.78. The summed E-state index contributed by atoms with van der Waals surface area (Å²) in [6.07, 6.45) is -0.595. The summed E-state index contributed by atoms with van der Waals surface area (Å²) in [4.78, 5) is 34.9. The quantitative estimate of drug-likeness (QED) is 0.667. The largest absolute Gasteiger partial charge is 0.326 e. The van der Waals surface area contributed by atoms with Crippen LogP contribution in [0.25, 0.3) is 0 Å². The van der Waals surface area contributed by atoms with Crippen LogP contribution in [0, 0.1) is 17.5 Å². The first kappa shape index (κ1) is 15.7. The Balaban J connectivity index is 1.78. The predicted molar refractivity (Wildman–Crippen MR) is 76.9 cm³/mol. The molecule has 2 aromatic carbocycles. The molecular weight excluding hydrogens is 325 g/mol. The standard InChI is InChI=1S/C16H9F3N2O3/c17-8-3-7(14(19)12(18)5-8)4-13(22)20-9-1-2-10-11(6-9)16(24)21-15(10)23/h1-3,5-6H,4H2,(H,20,22)(H,21,23,24). The molecule has 0 fully saturated rings. The lowest BCUT2D eigenvalue weighted by molar-refractivity contribution is -0.115. The molecular formula is C16H9F3N2O3. The van der Waals surface area contributed by atoms with Crippen LogP contribution in [0.1, 0.15) is 26.3 Å². The molecule has 2 aromatic rings. The van der Waals surface area contributed by atoms with Gasteiger partial charge in [-0.25, -0.2) is 13.2 Å². The van der Waals surface area contributed by atoms with Gasteiger partial charge >= 0.3 is 0 Å². The number of carbonyl (C=O) groups excluding carboxylic acids is 3. The number of hydrogen-bond acceptors (Lipinski definition) is 3. The molecule has 0 unspecified atom stereocenters. The summed E-state index contributed by atoms with van der Waals surface area (Å²) in [6, 6.07) is 5.14. The van der Waals surface area contributed by atoms with E-state index in [2.05, 4.69) is 10.6 Å². The molecule has 0 saturated heterocycles. The zero-order chi connectivity index (χ0) is 17.4. The maximum atomic E-state index is 13.5. The number of fused-ring (bicyclic) bond motifs is 1. The molecule has 3 rings (SSSR count). The highest BCUT2D eigenvalue weighted by Gasteiger charge is 2.26. The smallest absolute Gasteiger partial charge is 0.259 e. The van der Waals surface area contributed by atoms with E-state index in [0.29, 0.717) is 6.07 Å². The Labute approximate surface area is 133 Å². The predicted octanol–water partition coefficient (Wildman–Crippen LogP) is 2.17. The fourth-order valence-electron chi connectivity index (χ4n) is 2.36. The molecule has 1 aliphatic heterocycles. The molecule has 0 radical (unpaired) electrons. The first-order chi connectivity index (χ1) is 11.3. The molecule has 8 heteroatoms. The van der Waals surface area contributed by atoms with Gasteiger partial charge in [-0.1, -0.05) is 0 Å². The van der Waals surface area contributed by atoms with Crippen molar-refractivity contribution in [1.82, 2.24) is 5.32 Å². The topological polar surface area (TPSA) is 75.3 Å². The van der Waals surface area contributed by atoms with Crippen molar-refractivity contribution in [2.45, 2.75) is 6.42 Å². The van der Waals surface area contributed by atoms with Crippen LogP contribution in [0.2, 0.25) is 0 Å². The lowest BCUT2D eigenvalue weighted by Gasteiger charge is -2.07. The number of hydrogen-bond donors (Lipinski definition) is 2. The SMILES string of the molecule is O=C(Cc1cc(F)cc(F)c1F)Nc1ccc2c(c1)C(=O)NC2=O. The number of imide groups is 1. The molecule has 2 N–H and O–H groups in total. The van der Waals surface area contributed by atoms with Gasteiger partial charge in [0.25, 0.3) is 11.8 Å². The molecule has 0 aliphatic carbocycles. The second-order valence-corrected chi connectivity index (χ2v) is 5.13. The Morgan fingerprint density at radius 2 is 1.71 bits per heavy atom. The van der Waals surface area contributed by atoms with E-state index in [1.54, 1.807) is 0 Å². The van der Waals surface area contributed by atoms with E-state index in [4.69, 9.17) is 0 Å². The summed E-state index contributed by atoms with van der Waals surface area (Å²) in [6.45, 7) is 0. The van der Waals surface area contributed by atoms with Gasteiger partial charge in [0.15, 0.2) is 11.6 Å². The van der Waals surface area contributed by atoms with Crippen LogP contribution in [-0.2, 0) is 11.2 Å². The van der Waals surface area contributed by atoms with E-state index in [-0.39, 0.29) is 16.8 Å².